The zero-order chi connectivity index (χ0) is 13.7. The van der Waals surface area contributed by atoms with E-state index >= 15 is 0 Å². The molecular weight excluding hydrogens is 264 g/mol. The molecule has 0 aliphatic carbocycles. The lowest BCUT2D eigenvalue weighted by Crippen LogP contribution is -2.43. The minimum Gasteiger partial charge on any atom is -0.379 e. The van der Waals surface area contributed by atoms with Crippen LogP contribution < -0.4 is 10.6 Å². The molecule has 1 saturated heterocycles. The van der Waals surface area contributed by atoms with Gasteiger partial charge in [-0.15, -0.1) is 0 Å². The minimum atomic E-state index is -0.104. The van der Waals surface area contributed by atoms with Crippen molar-refractivity contribution in [3.63, 3.8) is 0 Å². The van der Waals surface area contributed by atoms with Gasteiger partial charge in [0.05, 0.1) is 19.1 Å². The number of carbonyl (C=O) groups is 1. The highest BCUT2D eigenvalue weighted by Gasteiger charge is 2.33. The van der Waals surface area contributed by atoms with Crippen LogP contribution in [0.15, 0.2) is 24.3 Å². The van der Waals surface area contributed by atoms with Gasteiger partial charge in [0.15, 0.2) is 0 Å². The van der Waals surface area contributed by atoms with Gasteiger partial charge in [0, 0.05) is 17.6 Å². The quantitative estimate of drug-likeness (QED) is 0.862. The fourth-order valence-corrected chi connectivity index (χ4v) is 2.32. The molecule has 1 aliphatic heterocycles. The maximum absolute atomic E-state index is 12.1. The van der Waals surface area contributed by atoms with Crippen molar-refractivity contribution in [2.45, 2.75) is 19.5 Å². The third-order valence-electron chi connectivity index (χ3n) is 3.26. The van der Waals surface area contributed by atoms with E-state index in [0.29, 0.717) is 24.8 Å². The van der Waals surface area contributed by atoms with Crippen LogP contribution in [-0.2, 0) is 16.1 Å². The van der Waals surface area contributed by atoms with Crippen molar-refractivity contribution >= 4 is 17.5 Å². The lowest BCUT2D eigenvalue weighted by molar-refractivity contribution is -0.125. The molecule has 4 nitrogen and oxygen atoms in total. The lowest BCUT2D eigenvalue weighted by Gasteiger charge is -2.17. The van der Waals surface area contributed by atoms with Crippen LogP contribution in [-0.4, -0.2) is 31.7 Å². The number of nitrogens with one attached hydrogen (secondary N) is 2. The zero-order valence-corrected chi connectivity index (χ0v) is 11.7. The summed E-state index contributed by atoms with van der Waals surface area (Å²) in [6.07, 6.45) is 0. The monoisotopic (exact) mass is 282 g/mol. The molecule has 1 fully saturated rings. The van der Waals surface area contributed by atoms with Gasteiger partial charge in [-0.05, 0) is 24.2 Å². The minimum absolute atomic E-state index is 0.0402. The summed E-state index contributed by atoms with van der Waals surface area (Å²) >= 11 is 5.82. The van der Waals surface area contributed by atoms with Gasteiger partial charge in [-0.2, -0.15) is 0 Å². The molecule has 2 atom stereocenters. The van der Waals surface area contributed by atoms with E-state index in [1.165, 1.54) is 0 Å². The normalized spacial score (nSPS) is 22.4. The second kappa shape index (κ2) is 6.89. The number of ether oxygens (including phenoxy) is 1. The zero-order valence-electron chi connectivity index (χ0n) is 11.0. The maximum atomic E-state index is 12.1. The first kappa shape index (κ1) is 14.3. The van der Waals surface area contributed by atoms with Gasteiger partial charge in [0.1, 0.15) is 0 Å². The Morgan fingerprint density at radius 2 is 2.11 bits per heavy atom. The van der Waals surface area contributed by atoms with Gasteiger partial charge in [-0.1, -0.05) is 30.7 Å². The SMILES string of the molecule is CCNC1COCC1C(=O)NCc1ccc(Cl)cc1. The van der Waals surface area contributed by atoms with Crippen LogP contribution in [0.5, 0.6) is 0 Å². The molecule has 2 N–H and O–H groups in total. The molecule has 104 valence electrons. The summed E-state index contributed by atoms with van der Waals surface area (Å²) in [6, 6.07) is 7.59. The summed E-state index contributed by atoms with van der Waals surface area (Å²) < 4.78 is 5.37. The second-order valence-corrected chi connectivity index (χ2v) is 5.09. The summed E-state index contributed by atoms with van der Waals surface area (Å²) in [4.78, 5) is 12.1. The van der Waals surface area contributed by atoms with Crippen molar-refractivity contribution in [3.8, 4) is 0 Å². The Morgan fingerprint density at radius 3 is 2.79 bits per heavy atom. The van der Waals surface area contributed by atoms with E-state index in [9.17, 15) is 4.79 Å². The summed E-state index contributed by atoms with van der Waals surface area (Å²) in [6.45, 7) is 4.48. The largest absolute Gasteiger partial charge is 0.379 e. The van der Waals surface area contributed by atoms with Crippen LogP contribution >= 0.6 is 11.6 Å². The van der Waals surface area contributed by atoms with Crippen molar-refractivity contribution in [1.82, 2.24) is 10.6 Å². The molecule has 0 spiro atoms. The predicted octanol–water partition coefficient (Wildman–Crippen LogP) is 1.58. The molecule has 1 aliphatic rings. The Balaban J connectivity index is 1.85. The van der Waals surface area contributed by atoms with Crippen LogP contribution in [0.4, 0.5) is 0 Å². The number of rotatable bonds is 5. The molecule has 2 rings (SSSR count). The Labute approximate surface area is 118 Å². The molecule has 1 heterocycles. The maximum Gasteiger partial charge on any atom is 0.227 e. The van der Waals surface area contributed by atoms with E-state index in [-0.39, 0.29) is 17.9 Å². The van der Waals surface area contributed by atoms with Gasteiger partial charge < -0.3 is 15.4 Å². The van der Waals surface area contributed by atoms with Crippen LogP contribution in [0, 0.1) is 5.92 Å². The summed E-state index contributed by atoms with van der Waals surface area (Å²) in [7, 11) is 0. The molecule has 1 aromatic carbocycles. The Kier molecular flexibility index (Phi) is 5.19. The Hall–Kier alpha value is -1.10. The van der Waals surface area contributed by atoms with Gasteiger partial charge in [0.2, 0.25) is 5.91 Å². The topological polar surface area (TPSA) is 50.4 Å². The predicted molar refractivity (Wildman–Crippen MR) is 75.1 cm³/mol. The highest BCUT2D eigenvalue weighted by Crippen LogP contribution is 2.14. The number of amides is 1. The van der Waals surface area contributed by atoms with E-state index < -0.39 is 0 Å². The summed E-state index contributed by atoms with van der Waals surface area (Å²) in [5.74, 6) is -0.0642. The smallest absolute Gasteiger partial charge is 0.227 e. The van der Waals surface area contributed by atoms with Gasteiger partial charge >= 0.3 is 0 Å². The van der Waals surface area contributed by atoms with E-state index in [2.05, 4.69) is 10.6 Å². The van der Waals surface area contributed by atoms with Crippen LogP contribution in [0.2, 0.25) is 5.02 Å². The lowest BCUT2D eigenvalue weighted by atomic mass is 10.0. The van der Waals surface area contributed by atoms with Crippen molar-refractivity contribution in [2.24, 2.45) is 5.92 Å². The third-order valence-corrected chi connectivity index (χ3v) is 3.52. The van der Waals surface area contributed by atoms with Crippen molar-refractivity contribution < 1.29 is 9.53 Å². The molecule has 2 unspecified atom stereocenters. The number of carbonyl (C=O) groups excluding carboxylic acids is 1. The first-order chi connectivity index (χ1) is 9.20. The first-order valence-electron chi connectivity index (χ1n) is 6.54. The Morgan fingerprint density at radius 1 is 1.37 bits per heavy atom. The van der Waals surface area contributed by atoms with E-state index in [0.717, 1.165) is 12.1 Å². The van der Waals surface area contributed by atoms with Crippen LogP contribution in [0.3, 0.4) is 0 Å². The van der Waals surface area contributed by atoms with Crippen molar-refractivity contribution in [1.29, 1.82) is 0 Å². The molecule has 0 aromatic heterocycles. The van der Waals surface area contributed by atoms with Crippen LogP contribution in [0.1, 0.15) is 12.5 Å². The summed E-state index contributed by atoms with van der Waals surface area (Å²) in [5.41, 5.74) is 1.04. The number of benzene rings is 1. The van der Waals surface area contributed by atoms with E-state index in [1.807, 2.05) is 31.2 Å². The highest BCUT2D eigenvalue weighted by molar-refractivity contribution is 6.30. The molecule has 0 saturated carbocycles. The Bertz CT molecular complexity index is 422. The fraction of sp³-hybridized carbons (Fsp3) is 0.500. The fourth-order valence-electron chi connectivity index (χ4n) is 2.20. The van der Waals surface area contributed by atoms with Gasteiger partial charge in [0.25, 0.3) is 0 Å². The molecule has 0 radical (unpaired) electrons. The van der Waals surface area contributed by atoms with E-state index in [1.54, 1.807) is 0 Å². The first-order valence-corrected chi connectivity index (χ1v) is 6.91. The number of likely N-dealkylation sites (N-methyl/N-ethyl adjacent to an activating group) is 1. The second-order valence-electron chi connectivity index (χ2n) is 4.65. The van der Waals surface area contributed by atoms with E-state index in [4.69, 9.17) is 16.3 Å². The van der Waals surface area contributed by atoms with Crippen molar-refractivity contribution in [2.75, 3.05) is 19.8 Å². The van der Waals surface area contributed by atoms with Gasteiger partial charge in [-0.25, -0.2) is 0 Å². The third kappa shape index (κ3) is 3.93. The number of hydrogen-bond donors (Lipinski definition) is 2. The average Bonchev–Trinajstić information content (AvgIpc) is 2.86. The van der Waals surface area contributed by atoms with Gasteiger partial charge in [-0.3, -0.25) is 4.79 Å². The number of halogens is 1. The molecule has 1 aromatic rings. The van der Waals surface area contributed by atoms with Crippen molar-refractivity contribution in [3.05, 3.63) is 34.9 Å². The standard InChI is InChI=1S/C14H19ClN2O2/c1-2-16-13-9-19-8-12(13)14(18)17-7-10-3-5-11(15)6-4-10/h3-6,12-13,16H,2,7-9H2,1H3,(H,17,18). The highest BCUT2D eigenvalue weighted by atomic mass is 35.5. The molecular formula is C14H19ClN2O2. The molecule has 1 amide bonds. The molecule has 5 heteroatoms. The molecule has 19 heavy (non-hydrogen) atoms. The summed E-state index contributed by atoms with van der Waals surface area (Å²) in [5, 5.41) is 6.92. The number of hydrogen-bond acceptors (Lipinski definition) is 3. The average molecular weight is 283 g/mol. The molecule has 0 bridgehead atoms. The van der Waals surface area contributed by atoms with Crippen LogP contribution in [0.25, 0.3) is 0 Å².